The molecule has 2 aliphatic heterocycles. The minimum atomic E-state index is -0.155. The van der Waals surface area contributed by atoms with Crippen LogP contribution in [0, 0.1) is 0 Å². The number of aromatic nitrogens is 4. The molecule has 0 saturated carbocycles. The number of piperazine rings is 1. The van der Waals surface area contributed by atoms with Crippen LogP contribution in [0.2, 0.25) is 0 Å². The molecule has 13 nitrogen and oxygen atoms in total. The number of nitrogens with zero attached hydrogens (tertiary/aromatic N) is 7. The van der Waals surface area contributed by atoms with Gasteiger partial charge in [-0.25, -0.2) is 0 Å². The number of benzene rings is 1. The van der Waals surface area contributed by atoms with Crippen LogP contribution in [0.3, 0.4) is 0 Å². The van der Waals surface area contributed by atoms with Crippen molar-refractivity contribution in [3.8, 4) is 17.5 Å². The Kier molecular flexibility index (Phi) is 10.0. The normalized spacial score (nSPS) is 18.2. The van der Waals surface area contributed by atoms with Crippen molar-refractivity contribution < 1.29 is 23.8 Å². The second-order valence-corrected chi connectivity index (χ2v) is 11.8. The maximum atomic E-state index is 12.4. The summed E-state index contributed by atoms with van der Waals surface area (Å²) < 4.78 is 19.3. The van der Waals surface area contributed by atoms with Gasteiger partial charge in [0.05, 0.1) is 26.2 Å². The lowest BCUT2D eigenvalue weighted by atomic mass is 9.88. The lowest BCUT2D eigenvalue weighted by Gasteiger charge is -2.37. The summed E-state index contributed by atoms with van der Waals surface area (Å²) in [5, 5.41) is 15.7. The molecule has 0 bridgehead atoms. The van der Waals surface area contributed by atoms with Crippen molar-refractivity contribution in [2.75, 3.05) is 65.0 Å². The van der Waals surface area contributed by atoms with Crippen LogP contribution in [0.15, 0.2) is 30.3 Å². The first-order chi connectivity index (χ1) is 21.2. The Morgan fingerprint density at radius 1 is 1.05 bits per heavy atom. The molecule has 44 heavy (non-hydrogen) atoms. The first-order valence-corrected chi connectivity index (χ1v) is 15.4. The van der Waals surface area contributed by atoms with Crippen molar-refractivity contribution in [1.82, 2.24) is 34.9 Å². The van der Waals surface area contributed by atoms with Gasteiger partial charge in [-0.2, -0.15) is 4.52 Å². The molecular formula is C31H44N8O5. The molecule has 4 heterocycles. The summed E-state index contributed by atoms with van der Waals surface area (Å²) in [5.41, 5.74) is 1.75. The van der Waals surface area contributed by atoms with Gasteiger partial charge < -0.3 is 29.3 Å². The summed E-state index contributed by atoms with van der Waals surface area (Å²) in [6, 6.07) is 10.2. The third-order valence-corrected chi connectivity index (χ3v) is 8.33. The highest BCUT2D eigenvalue weighted by molar-refractivity contribution is 5.82. The number of hydrogen-bond acceptors (Lipinski definition) is 10. The smallest absolute Gasteiger partial charge is 0.338 e. The summed E-state index contributed by atoms with van der Waals surface area (Å²) in [4.78, 5) is 30.8. The number of nitrogens with one attached hydrogen (secondary N) is 1. The number of carbonyl (C=O) groups is 2. The number of methoxy groups -OCH3 is 1. The SMILES string of the molecule is COc1nnc2ccc(N3CCC(c4ccc(OCCN5CCN(C)C(=O)[C@H]5C)cc4OCCC(=O)NC(C)C)CC3)nn12. The van der Waals surface area contributed by atoms with Gasteiger partial charge in [0.25, 0.3) is 0 Å². The maximum absolute atomic E-state index is 12.4. The molecule has 0 radical (unpaired) electrons. The molecule has 13 heteroatoms. The van der Waals surface area contributed by atoms with Crippen molar-refractivity contribution in [3.63, 3.8) is 0 Å². The fourth-order valence-corrected chi connectivity index (χ4v) is 5.83. The molecule has 5 rings (SSSR count). The van der Waals surface area contributed by atoms with Gasteiger partial charge >= 0.3 is 6.01 Å². The van der Waals surface area contributed by atoms with Gasteiger partial charge in [0, 0.05) is 51.9 Å². The van der Waals surface area contributed by atoms with E-state index in [1.54, 1.807) is 16.5 Å². The lowest BCUT2D eigenvalue weighted by Crippen LogP contribution is -2.55. The Morgan fingerprint density at radius 2 is 1.84 bits per heavy atom. The van der Waals surface area contributed by atoms with E-state index in [4.69, 9.17) is 19.3 Å². The highest BCUT2D eigenvalue weighted by atomic mass is 16.5. The molecule has 238 valence electrons. The van der Waals surface area contributed by atoms with Crippen LogP contribution in [-0.4, -0.2) is 114 Å². The van der Waals surface area contributed by atoms with E-state index in [9.17, 15) is 9.59 Å². The van der Waals surface area contributed by atoms with E-state index in [0.717, 1.165) is 56.2 Å². The first-order valence-electron chi connectivity index (χ1n) is 15.4. The molecule has 1 aromatic carbocycles. The first kappa shape index (κ1) is 31.3. The summed E-state index contributed by atoms with van der Waals surface area (Å²) in [6.07, 6.45) is 2.11. The van der Waals surface area contributed by atoms with Crippen LogP contribution in [-0.2, 0) is 9.59 Å². The van der Waals surface area contributed by atoms with E-state index in [1.165, 1.54) is 0 Å². The Morgan fingerprint density at radius 3 is 2.59 bits per heavy atom. The molecule has 0 unspecified atom stereocenters. The van der Waals surface area contributed by atoms with Crippen LogP contribution >= 0.6 is 0 Å². The molecule has 1 atom stereocenters. The van der Waals surface area contributed by atoms with Crippen LogP contribution in [0.25, 0.3) is 5.65 Å². The van der Waals surface area contributed by atoms with E-state index in [0.29, 0.717) is 30.6 Å². The van der Waals surface area contributed by atoms with E-state index in [2.05, 4.69) is 31.4 Å². The van der Waals surface area contributed by atoms with Crippen molar-refractivity contribution >= 4 is 23.3 Å². The van der Waals surface area contributed by atoms with Crippen LogP contribution in [0.5, 0.6) is 17.5 Å². The van der Waals surface area contributed by atoms with Gasteiger partial charge in [-0.1, -0.05) is 11.2 Å². The van der Waals surface area contributed by atoms with Crippen molar-refractivity contribution in [2.24, 2.45) is 0 Å². The fourth-order valence-electron chi connectivity index (χ4n) is 5.83. The number of ether oxygens (including phenoxy) is 3. The van der Waals surface area contributed by atoms with Gasteiger partial charge in [-0.3, -0.25) is 14.5 Å². The van der Waals surface area contributed by atoms with Crippen LogP contribution in [0.4, 0.5) is 5.82 Å². The largest absolute Gasteiger partial charge is 0.493 e. The molecule has 2 fully saturated rings. The Labute approximate surface area is 258 Å². The quantitative estimate of drug-likeness (QED) is 0.327. The average molecular weight is 609 g/mol. The molecule has 1 N–H and O–H groups in total. The van der Waals surface area contributed by atoms with E-state index in [-0.39, 0.29) is 42.8 Å². The van der Waals surface area contributed by atoms with Gasteiger partial charge in [-0.15, -0.1) is 10.2 Å². The topological polar surface area (TPSA) is 127 Å². The van der Waals surface area contributed by atoms with Gasteiger partial charge in [-0.05, 0) is 63.3 Å². The summed E-state index contributed by atoms with van der Waals surface area (Å²) in [7, 11) is 3.40. The number of fused-ring (bicyclic) bond motifs is 1. The second kappa shape index (κ2) is 14.1. The monoisotopic (exact) mass is 608 g/mol. The molecular weight excluding hydrogens is 564 g/mol. The molecule has 0 spiro atoms. The molecule has 2 saturated heterocycles. The molecule has 2 amide bonds. The number of carbonyl (C=O) groups excluding carboxylic acids is 2. The third kappa shape index (κ3) is 7.32. The third-order valence-electron chi connectivity index (χ3n) is 8.33. The van der Waals surface area contributed by atoms with Crippen LogP contribution < -0.4 is 24.4 Å². The second-order valence-electron chi connectivity index (χ2n) is 11.8. The predicted molar refractivity (Wildman–Crippen MR) is 166 cm³/mol. The number of hydrogen-bond donors (Lipinski definition) is 1. The van der Waals surface area contributed by atoms with E-state index < -0.39 is 0 Å². The fraction of sp³-hybridized carbons (Fsp3) is 0.581. The summed E-state index contributed by atoms with van der Waals surface area (Å²) in [6.45, 7) is 10.4. The minimum Gasteiger partial charge on any atom is -0.493 e. The van der Waals surface area contributed by atoms with Gasteiger partial charge in [0.15, 0.2) is 5.65 Å². The van der Waals surface area contributed by atoms with Crippen molar-refractivity contribution in [3.05, 3.63) is 35.9 Å². The minimum absolute atomic E-state index is 0.0349. The zero-order chi connectivity index (χ0) is 31.2. The average Bonchev–Trinajstić information content (AvgIpc) is 3.43. The number of likely N-dealkylation sites (N-methyl/N-ethyl adjacent to an activating group) is 1. The molecule has 2 aliphatic rings. The van der Waals surface area contributed by atoms with Gasteiger partial charge in [0.1, 0.15) is 23.9 Å². The highest BCUT2D eigenvalue weighted by Gasteiger charge is 2.29. The van der Waals surface area contributed by atoms with Crippen LogP contribution in [0.1, 0.15) is 51.5 Å². The zero-order valence-corrected chi connectivity index (χ0v) is 26.4. The van der Waals surface area contributed by atoms with E-state index in [1.807, 2.05) is 52.1 Å². The molecule has 0 aliphatic carbocycles. The number of amides is 2. The standard InChI is InChI=1S/C31H44N8O5/c1-21(2)32-29(40)12-18-44-26-20-24(43-19-17-37-16-15-36(4)30(41)22(37)3)6-7-25(26)23-10-13-38(14-11-23)28-9-8-27-33-34-31(42-5)39(27)35-28/h6-9,20-23H,10-19H2,1-5H3,(H,32,40)/t22-/m1/s1. The Bertz CT molecular complexity index is 1440. The predicted octanol–water partition coefficient (Wildman–Crippen LogP) is 2.35. The molecule has 3 aromatic rings. The van der Waals surface area contributed by atoms with Crippen molar-refractivity contribution in [1.29, 1.82) is 0 Å². The number of rotatable bonds is 12. The maximum Gasteiger partial charge on any atom is 0.338 e. The highest BCUT2D eigenvalue weighted by Crippen LogP contribution is 2.37. The molecule has 2 aromatic heterocycles. The lowest BCUT2D eigenvalue weighted by molar-refractivity contribution is -0.139. The van der Waals surface area contributed by atoms with Crippen molar-refractivity contribution in [2.45, 2.75) is 58.0 Å². The number of anilines is 1. The van der Waals surface area contributed by atoms with E-state index >= 15 is 0 Å². The Hall–Kier alpha value is -4.13. The Balaban J connectivity index is 1.24. The summed E-state index contributed by atoms with van der Waals surface area (Å²) in [5.74, 6) is 2.69. The van der Waals surface area contributed by atoms with Gasteiger partial charge in [0.2, 0.25) is 11.8 Å². The zero-order valence-electron chi connectivity index (χ0n) is 26.4. The summed E-state index contributed by atoms with van der Waals surface area (Å²) >= 11 is 0. The number of piperidine rings is 1.